The van der Waals surface area contributed by atoms with Gasteiger partial charge in [0.2, 0.25) is 0 Å². The third-order valence-electron chi connectivity index (χ3n) is 2.78. The van der Waals surface area contributed by atoms with Gasteiger partial charge in [0.15, 0.2) is 0 Å². The number of furan rings is 1. The minimum Gasteiger partial charge on any atom is -0.496 e. The van der Waals surface area contributed by atoms with Crippen molar-refractivity contribution < 1.29 is 9.15 Å². The van der Waals surface area contributed by atoms with Crippen molar-refractivity contribution in [2.24, 2.45) is 0 Å². The van der Waals surface area contributed by atoms with Gasteiger partial charge in [-0.2, -0.15) is 0 Å². The molecule has 1 heterocycles. The first-order valence-electron chi connectivity index (χ1n) is 5.41. The maximum Gasteiger partial charge on any atom is 0.138 e. The molecule has 0 atom stereocenters. The molecule has 17 heavy (non-hydrogen) atoms. The number of ether oxygens (including phenoxy) is 1. The second-order valence-corrected chi connectivity index (χ2v) is 3.76. The monoisotopic (exact) mass is 223 g/mol. The normalized spacial score (nSPS) is 10.6. The Morgan fingerprint density at radius 3 is 2.82 bits per heavy atom. The molecule has 1 radical (unpaired) electrons. The van der Waals surface area contributed by atoms with Crippen molar-refractivity contribution in [1.82, 2.24) is 0 Å². The van der Waals surface area contributed by atoms with Crippen LogP contribution in [0.1, 0.15) is 0 Å². The molecule has 0 amide bonds. The fourth-order valence-corrected chi connectivity index (χ4v) is 1.99. The molecule has 0 unspecified atom stereocenters. The highest BCUT2D eigenvalue weighted by molar-refractivity contribution is 5.98. The summed E-state index contributed by atoms with van der Waals surface area (Å²) in [6.45, 7) is 0. The van der Waals surface area contributed by atoms with Gasteiger partial charge in [-0.1, -0.05) is 30.3 Å². The zero-order valence-corrected chi connectivity index (χ0v) is 9.44. The van der Waals surface area contributed by atoms with Crippen LogP contribution in [-0.4, -0.2) is 7.11 Å². The van der Waals surface area contributed by atoms with Crippen molar-refractivity contribution in [3.05, 3.63) is 54.8 Å². The molecule has 2 nitrogen and oxygen atoms in total. The molecule has 2 aromatic carbocycles. The van der Waals surface area contributed by atoms with Crippen LogP contribution in [0.4, 0.5) is 0 Å². The van der Waals surface area contributed by atoms with Gasteiger partial charge in [0.1, 0.15) is 11.3 Å². The Morgan fingerprint density at radius 1 is 1.12 bits per heavy atom. The van der Waals surface area contributed by atoms with Crippen LogP contribution >= 0.6 is 0 Å². The van der Waals surface area contributed by atoms with Crippen LogP contribution in [0.15, 0.2) is 53.1 Å². The number of hydrogen-bond donors (Lipinski definition) is 0. The van der Waals surface area contributed by atoms with Crippen LogP contribution in [0.25, 0.3) is 22.1 Å². The van der Waals surface area contributed by atoms with E-state index in [9.17, 15) is 0 Å². The summed E-state index contributed by atoms with van der Waals surface area (Å²) in [4.78, 5) is 0. The van der Waals surface area contributed by atoms with Gasteiger partial charge < -0.3 is 9.15 Å². The summed E-state index contributed by atoms with van der Waals surface area (Å²) in [5.41, 5.74) is 2.85. The summed E-state index contributed by atoms with van der Waals surface area (Å²) >= 11 is 0. The number of hydrogen-bond acceptors (Lipinski definition) is 2. The maximum absolute atomic E-state index is 5.55. The number of methoxy groups -OCH3 is 1. The molecule has 83 valence electrons. The van der Waals surface area contributed by atoms with Crippen LogP contribution < -0.4 is 4.74 Å². The van der Waals surface area contributed by atoms with Crippen molar-refractivity contribution in [3.8, 4) is 16.9 Å². The highest BCUT2D eigenvalue weighted by Gasteiger charge is 2.12. The first-order valence-corrected chi connectivity index (χ1v) is 5.41. The third-order valence-corrected chi connectivity index (χ3v) is 2.78. The van der Waals surface area contributed by atoms with Crippen molar-refractivity contribution in [3.63, 3.8) is 0 Å². The summed E-state index contributed by atoms with van der Waals surface area (Å²) in [6.07, 6.45) is 1.75. The van der Waals surface area contributed by atoms with Crippen LogP contribution in [0.2, 0.25) is 0 Å². The van der Waals surface area contributed by atoms with E-state index in [1.807, 2.05) is 42.5 Å². The van der Waals surface area contributed by atoms with E-state index in [2.05, 4.69) is 6.07 Å². The fourth-order valence-electron chi connectivity index (χ4n) is 1.99. The van der Waals surface area contributed by atoms with Crippen LogP contribution in [-0.2, 0) is 0 Å². The predicted octanol–water partition coefficient (Wildman–Crippen LogP) is 3.91. The number of benzene rings is 2. The fraction of sp³-hybridized carbons (Fsp3) is 0.0667. The van der Waals surface area contributed by atoms with Gasteiger partial charge in [-0.3, -0.25) is 0 Å². The van der Waals surface area contributed by atoms with E-state index >= 15 is 0 Å². The lowest BCUT2D eigenvalue weighted by Gasteiger charge is -2.03. The molecule has 0 fully saturated rings. The van der Waals surface area contributed by atoms with Crippen molar-refractivity contribution in [2.75, 3.05) is 7.11 Å². The zero-order chi connectivity index (χ0) is 11.7. The molecule has 0 aliphatic rings. The lowest BCUT2D eigenvalue weighted by Crippen LogP contribution is -1.84. The molecule has 0 aliphatic heterocycles. The van der Waals surface area contributed by atoms with Crippen molar-refractivity contribution >= 4 is 11.0 Å². The lowest BCUT2D eigenvalue weighted by molar-refractivity contribution is 0.419. The molecule has 3 aromatic rings. The van der Waals surface area contributed by atoms with Gasteiger partial charge in [-0.05, 0) is 23.8 Å². The first-order chi connectivity index (χ1) is 8.40. The molecule has 1 aromatic heterocycles. The van der Waals surface area contributed by atoms with Crippen molar-refractivity contribution in [1.29, 1.82) is 0 Å². The third kappa shape index (κ3) is 1.58. The van der Waals surface area contributed by atoms with Crippen molar-refractivity contribution in [2.45, 2.75) is 0 Å². The van der Waals surface area contributed by atoms with Gasteiger partial charge in [0, 0.05) is 5.56 Å². The van der Waals surface area contributed by atoms with E-state index in [-0.39, 0.29) is 0 Å². The number of rotatable bonds is 2. The van der Waals surface area contributed by atoms with Crippen LogP contribution in [0.5, 0.6) is 5.75 Å². The summed E-state index contributed by atoms with van der Waals surface area (Å²) in [5, 5.41) is 0.998. The quantitative estimate of drug-likeness (QED) is 0.657. The van der Waals surface area contributed by atoms with Crippen LogP contribution in [0, 0.1) is 6.07 Å². The topological polar surface area (TPSA) is 22.4 Å². The van der Waals surface area contributed by atoms with Gasteiger partial charge in [0.05, 0.1) is 18.8 Å². The zero-order valence-electron chi connectivity index (χ0n) is 9.44. The summed E-state index contributed by atoms with van der Waals surface area (Å²) in [6, 6.07) is 16.8. The predicted molar refractivity (Wildman–Crippen MR) is 67.0 cm³/mol. The minimum atomic E-state index is 0.823. The number of fused-ring (bicyclic) bond motifs is 1. The maximum atomic E-state index is 5.55. The lowest BCUT2D eigenvalue weighted by atomic mass is 10.0. The smallest absolute Gasteiger partial charge is 0.138 e. The standard InChI is InChI=1S/C15H11O2/c1-16-13-8-5-9-14-15(13)12(10-17-14)11-6-3-2-4-7-11/h2-6,8-10H,1H3. The van der Waals surface area contributed by atoms with Gasteiger partial charge in [-0.25, -0.2) is 0 Å². The molecule has 0 spiro atoms. The van der Waals surface area contributed by atoms with E-state index in [1.165, 1.54) is 0 Å². The second kappa shape index (κ2) is 3.98. The largest absolute Gasteiger partial charge is 0.496 e. The van der Waals surface area contributed by atoms with Gasteiger partial charge >= 0.3 is 0 Å². The molecule has 3 rings (SSSR count). The minimum absolute atomic E-state index is 0.823. The Balaban J connectivity index is 2.31. The Hall–Kier alpha value is -2.22. The van der Waals surface area contributed by atoms with E-state index < -0.39 is 0 Å². The van der Waals surface area contributed by atoms with E-state index in [0.717, 1.165) is 27.8 Å². The summed E-state index contributed by atoms with van der Waals surface area (Å²) in [7, 11) is 1.67. The molecule has 0 N–H and O–H groups in total. The molecular formula is C15H11O2. The van der Waals surface area contributed by atoms with Gasteiger partial charge in [0.25, 0.3) is 0 Å². The van der Waals surface area contributed by atoms with E-state index in [4.69, 9.17) is 9.15 Å². The second-order valence-electron chi connectivity index (χ2n) is 3.76. The molecule has 0 saturated heterocycles. The SMILES string of the molecule is COc1cccc2occ(-c3[c]cccc3)c12. The Labute approximate surface area is 99.4 Å². The van der Waals surface area contributed by atoms with E-state index in [1.54, 1.807) is 13.4 Å². The van der Waals surface area contributed by atoms with Crippen LogP contribution in [0.3, 0.4) is 0 Å². The average Bonchev–Trinajstić information content (AvgIpc) is 2.83. The Kier molecular flexibility index (Phi) is 2.33. The molecule has 0 saturated carbocycles. The summed E-state index contributed by atoms with van der Waals surface area (Å²) in [5.74, 6) is 0.823. The summed E-state index contributed by atoms with van der Waals surface area (Å²) < 4.78 is 10.9. The highest BCUT2D eigenvalue weighted by Crippen LogP contribution is 2.36. The average molecular weight is 223 g/mol. The van der Waals surface area contributed by atoms with E-state index in [0.29, 0.717) is 0 Å². The molecule has 0 bridgehead atoms. The molecular weight excluding hydrogens is 212 g/mol. The molecule has 2 heteroatoms. The molecule has 0 aliphatic carbocycles. The highest BCUT2D eigenvalue weighted by atomic mass is 16.5. The Morgan fingerprint density at radius 2 is 2.06 bits per heavy atom. The first kappa shape index (κ1) is 9.97. The Bertz CT molecular complexity index is 638. The van der Waals surface area contributed by atoms with Gasteiger partial charge in [-0.15, -0.1) is 0 Å².